The van der Waals surface area contributed by atoms with Crippen LogP contribution in [0.25, 0.3) is 5.69 Å². The number of benzene rings is 1. The Labute approximate surface area is 152 Å². The zero-order chi connectivity index (χ0) is 15.4. The van der Waals surface area contributed by atoms with Crippen molar-refractivity contribution in [2.45, 2.75) is 19.4 Å². The number of nitrogens with zero attached hydrogens (tertiary/aromatic N) is 3. The van der Waals surface area contributed by atoms with E-state index < -0.39 is 0 Å². The average Bonchev–Trinajstić information content (AvgIpc) is 3.20. The van der Waals surface area contributed by atoms with E-state index in [-0.39, 0.29) is 29.8 Å². The van der Waals surface area contributed by atoms with Gasteiger partial charge in [-0.25, -0.2) is 9.37 Å². The fraction of sp³-hybridized carbons (Fsp3) is 0.375. The molecule has 1 aromatic carbocycles. The van der Waals surface area contributed by atoms with Crippen LogP contribution in [0.15, 0.2) is 41.9 Å². The van der Waals surface area contributed by atoms with Gasteiger partial charge >= 0.3 is 0 Å². The molecule has 23 heavy (non-hydrogen) atoms. The molecule has 0 amide bonds. The molecule has 2 N–H and O–H groups in total. The maximum Gasteiger partial charge on any atom is 0.191 e. The summed E-state index contributed by atoms with van der Waals surface area (Å²) < 4.78 is 15.8. The summed E-state index contributed by atoms with van der Waals surface area (Å²) in [6, 6.07) is 5.20. The Morgan fingerprint density at radius 2 is 2.22 bits per heavy atom. The summed E-state index contributed by atoms with van der Waals surface area (Å²) in [5.74, 6) is 1.27. The van der Waals surface area contributed by atoms with Crippen LogP contribution < -0.4 is 10.6 Å². The molecule has 1 aliphatic carbocycles. The Morgan fingerprint density at radius 1 is 1.39 bits per heavy atom. The Hall–Kier alpha value is -1.64. The first-order valence-electron chi connectivity index (χ1n) is 7.47. The van der Waals surface area contributed by atoms with E-state index in [1.807, 2.05) is 6.07 Å². The second kappa shape index (κ2) is 8.28. The Morgan fingerprint density at radius 3 is 2.83 bits per heavy atom. The third-order valence-electron chi connectivity index (χ3n) is 3.73. The molecule has 1 aromatic heterocycles. The highest BCUT2D eigenvalue weighted by atomic mass is 127. The van der Waals surface area contributed by atoms with E-state index >= 15 is 0 Å². The van der Waals surface area contributed by atoms with E-state index in [1.165, 1.54) is 18.9 Å². The largest absolute Gasteiger partial charge is 0.356 e. The topological polar surface area (TPSA) is 54.2 Å². The van der Waals surface area contributed by atoms with Crippen molar-refractivity contribution in [1.29, 1.82) is 0 Å². The highest BCUT2D eigenvalue weighted by Crippen LogP contribution is 2.27. The highest BCUT2D eigenvalue weighted by molar-refractivity contribution is 14.0. The summed E-state index contributed by atoms with van der Waals surface area (Å²) in [5, 5.41) is 6.49. The van der Waals surface area contributed by atoms with Gasteiger partial charge in [-0.15, -0.1) is 24.0 Å². The average molecular weight is 429 g/mol. The van der Waals surface area contributed by atoms with Crippen molar-refractivity contribution in [3.63, 3.8) is 0 Å². The predicted molar refractivity (Wildman–Crippen MR) is 99.9 cm³/mol. The number of aromatic nitrogens is 2. The highest BCUT2D eigenvalue weighted by Gasteiger charge is 2.21. The van der Waals surface area contributed by atoms with Crippen LogP contribution in [0.2, 0.25) is 0 Å². The molecule has 3 rings (SSSR count). The number of hydrogen-bond donors (Lipinski definition) is 2. The first-order chi connectivity index (χ1) is 10.8. The number of aliphatic imine (C=N–C) groups is 1. The normalized spacial score (nSPS) is 14.3. The van der Waals surface area contributed by atoms with Gasteiger partial charge in [-0.3, -0.25) is 4.99 Å². The minimum atomic E-state index is -0.266. The molecule has 5 nitrogen and oxygen atoms in total. The van der Waals surface area contributed by atoms with Gasteiger partial charge < -0.3 is 15.2 Å². The molecule has 124 valence electrons. The summed E-state index contributed by atoms with van der Waals surface area (Å²) in [5.41, 5.74) is 1.37. The van der Waals surface area contributed by atoms with Crippen LogP contribution in [0, 0.1) is 11.7 Å². The van der Waals surface area contributed by atoms with Gasteiger partial charge in [0.25, 0.3) is 0 Å². The van der Waals surface area contributed by atoms with Crippen molar-refractivity contribution in [2.24, 2.45) is 10.9 Å². The molecular formula is C16H21FIN5. The van der Waals surface area contributed by atoms with Crippen molar-refractivity contribution in [2.75, 3.05) is 13.6 Å². The summed E-state index contributed by atoms with van der Waals surface area (Å²) in [6.07, 6.45) is 7.53. The van der Waals surface area contributed by atoms with E-state index in [4.69, 9.17) is 0 Å². The second-order valence-electron chi connectivity index (χ2n) is 5.51. The van der Waals surface area contributed by atoms with Gasteiger partial charge in [0, 0.05) is 32.5 Å². The van der Waals surface area contributed by atoms with Crippen LogP contribution in [-0.2, 0) is 6.54 Å². The standard InChI is InChI=1S/C16H20FN5.HI/c1-18-16(20-9-12-2-3-12)21-10-13-4-5-15(14(17)8-13)22-7-6-19-11-22;/h4-8,11-12H,2-3,9-10H2,1H3,(H2,18,20,21);1H. The van der Waals surface area contributed by atoms with E-state index in [9.17, 15) is 4.39 Å². The van der Waals surface area contributed by atoms with Crippen LogP contribution in [0.3, 0.4) is 0 Å². The zero-order valence-electron chi connectivity index (χ0n) is 13.0. The van der Waals surface area contributed by atoms with Crippen molar-refractivity contribution in [1.82, 2.24) is 20.2 Å². The van der Waals surface area contributed by atoms with Gasteiger partial charge in [-0.2, -0.15) is 0 Å². The number of imidazole rings is 1. The monoisotopic (exact) mass is 429 g/mol. The molecule has 1 heterocycles. The number of guanidine groups is 1. The van der Waals surface area contributed by atoms with Crippen LogP contribution in [0.4, 0.5) is 4.39 Å². The quantitative estimate of drug-likeness (QED) is 0.437. The van der Waals surface area contributed by atoms with Gasteiger partial charge in [-0.1, -0.05) is 6.07 Å². The maximum absolute atomic E-state index is 14.2. The lowest BCUT2D eigenvalue weighted by atomic mass is 10.2. The van der Waals surface area contributed by atoms with E-state index in [2.05, 4.69) is 20.6 Å². The minimum Gasteiger partial charge on any atom is -0.356 e. The van der Waals surface area contributed by atoms with Crippen LogP contribution in [0.5, 0.6) is 0 Å². The molecule has 2 aromatic rings. The summed E-state index contributed by atoms with van der Waals surface area (Å²) in [7, 11) is 1.74. The minimum absolute atomic E-state index is 0. The fourth-order valence-electron chi connectivity index (χ4n) is 2.24. The first-order valence-corrected chi connectivity index (χ1v) is 7.47. The summed E-state index contributed by atoms with van der Waals surface area (Å²) in [4.78, 5) is 8.10. The lowest BCUT2D eigenvalue weighted by Gasteiger charge is -2.12. The Bertz CT molecular complexity index is 652. The van der Waals surface area contributed by atoms with Gasteiger partial charge in [0.05, 0.1) is 12.0 Å². The molecule has 0 saturated heterocycles. The molecular weight excluding hydrogens is 408 g/mol. The second-order valence-corrected chi connectivity index (χ2v) is 5.51. The zero-order valence-corrected chi connectivity index (χ0v) is 15.3. The summed E-state index contributed by atoms with van der Waals surface area (Å²) >= 11 is 0. The molecule has 0 bridgehead atoms. The SMILES string of the molecule is CN=C(NCc1ccc(-n2ccnc2)c(F)c1)NCC1CC1.I. The Kier molecular flexibility index (Phi) is 6.37. The molecule has 0 unspecified atom stereocenters. The fourth-order valence-corrected chi connectivity index (χ4v) is 2.24. The Balaban J connectivity index is 0.00000192. The summed E-state index contributed by atoms with van der Waals surface area (Å²) in [6.45, 7) is 1.49. The van der Waals surface area contributed by atoms with Crippen molar-refractivity contribution in [3.05, 3.63) is 48.3 Å². The molecule has 0 atom stereocenters. The number of nitrogens with one attached hydrogen (secondary N) is 2. The number of hydrogen-bond acceptors (Lipinski definition) is 2. The predicted octanol–water partition coefficient (Wildman–Crippen LogP) is 2.70. The molecule has 0 radical (unpaired) electrons. The molecule has 0 spiro atoms. The van der Waals surface area contributed by atoms with Gasteiger partial charge in [0.1, 0.15) is 5.82 Å². The van der Waals surface area contributed by atoms with Gasteiger partial charge in [0.2, 0.25) is 0 Å². The van der Waals surface area contributed by atoms with Crippen LogP contribution in [0.1, 0.15) is 18.4 Å². The number of halogens is 2. The number of rotatable bonds is 5. The van der Waals surface area contributed by atoms with Crippen molar-refractivity contribution >= 4 is 29.9 Å². The van der Waals surface area contributed by atoms with Crippen LogP contribution in [-0.4, -0.2) is 29.1 Å². The van der Waals surface area contributed by atoms with Gasteiger partial charge in [-0.05, 0) is 36.5 Å². The van der Waals surface area contributed by atoms with E-state index in [0.29, 0.717) is 12.2 Å². The molecule has 1 saturated carbocycles. The lowest BCUT2D eigenvalue weighted by Crippen LogP contribution is -2.37. The van der Waals surface area contributed by atoms with Crippen molar-refractivity contribution < 1.29 is 4.39 Å². The molecule has 0 aliphatic heterocycles. The van der Waals surface area contributed by atoms with E-state index in [0.717, 1.165) is 24.0 Å². The third-order valence-corrected chi connectivity index (χ3v) is 3.73. The molecule has 1 fully saturated rings. The third kappa shape index (κ3) is 4.92. The van der Waals surface area contributed by atoms with E-state index in [1.54, 1.807) is 36.4 Å². The molecule has 7 heteroatoms. The maximum atomic E-state index is 14.2. The van der Waals surface area contributed by atoms with Crippen molar-refractivity contribution in [3.8, 4) is 5.69 Å². The first kappa shape index (κ1) is 17.7. The lowest BCUT2D eigenvalue weighted by molar-refractivity contribution is 0.614. The smallest absolute Gasteiger partial charge is 0.191 e. The van der Waals surface area contributed by atoms with Crippen LogP contribution >= 0.6 is 24.0 Å². The van der Waals surface area contributed by atoms with Gasteiger partial charge in [0.15, 0.2) is 5.96 Å². The molecule has 1 aliphatic rings.